The molecule has 0 aromatic carbocycles. The number of nitrogen functional groups attached to an aromatic ring is 1. The van der Waals surface area contributed by atoms with Crippen LogP contribution >= 0.6 is 0 Å². The van der Waals surface area contributed by atoms with Crippen LogP contribution in [0, 0.1) is 6.92 Å². The summed E-state index contributed by atoms with van der Waals surface area (Å²) in [5, 5.41) is 2.94. The molecule has 34 heavy (non-hydrogen) atoms. The molecule has 2 rings (SSSR count). The third kappa shape index (κ3) is 8.39. The molecule has 1 atom stereocenters. The number of aromatic nitrogens is 2. The highest BCUT2D eigenvalue weighted by Gasteiger charge is 2.29. The van der Waals surface area contributed by atoms with Gasteiger partial charge < -0.3 is 20.7 Å². The van der Waals surface area contributed by atoms with E-state index in [0.29, 0.717) is 24.7 Å². The lowest BCUT2D eigenvalue weighted by atomic mass is 10.1. The fraction of sp³-hybridized carbons (Fsp3) is 0.542. The van der Waals surface area contributed by atoms with Crippen LogP contribution in [0.5, 0.6) is 5.88 Å². The zero-order chi connectivity index (χ0) is 25.3. The highest BCUT2D eigenvalue weighted by molar-refractivity contribution is 5.99. The van der Waals surface area contributed by atoms with Gasteiger partial charge >= 0.3 is 6.18 Å². The van der Waals surface area contributed by atoms with E-state index in [1.165, 1.54) is 12.1 Å². The summed E-state index contributed by atoms with van der Waals surface area (Å²) in [7, 11) is 0. The summed E-state index contributed by atoms with van der Waals surface area (Å²) in [6.45, 7) is 7.51. The molecule has 0 fully saturated rings. The van der Waals surface area contributed by atoms with Gasteiger partial charge in [-0.15, -0.1) is 0 Å². The number of nitrogens with zero attached hydrogens (tertiary/aromatic N) is 3. The Morgan fingerprint density at radius 3 is 2.50 bits per heavy atom. The summed E-state index contributed by atoms with van der Waals surface area (Å²) in [6, 6.07) is 5.91. The van der Waals surface area contributed by atoms with Gasteiger partial charge in [0.05, 0.1) is 11.6 Å². The van der Waals surface area contributed by atoms with Gasteiger partial charge in [0.2, 0.25) is 5.88 Å². The number of carbonyl (C=O) groups is 1. The summed E-state index contributed by atoms with van der Waals surface area (Å²) in [4.78, 5) is 23.6. The van der Waals surface area contributed by atoms with Crippen molar-refractivity contribution in [3.8, 4) is 5.88 Å². The third-order valence-electron chi connectivity index (χ3n) is 5.15. The van der Waals surface area contributed by atoms with Crippen molar-refractivity contribution in [2.75, 3.05) is 30.3 Å². The fourth-order valence-corrected chi connectivity index (χ4v) is 3.56. The Balaban J connectivity index is 2.35. The molecule has 2 heterocycles. The highest BCUT2D eigenvalue weighted by Crippen LogP contribution is 2.26. The number of carbonyl (C=O) groups excluding carboxylic acids is 1. The number of ether oxygens (including phenoxy) is 1. The van der Waals surface area contributed by atoms with E-state index in [9.17, 15) is 18.0 Å². The average Bonchev–Trinajstić information content (AvgIpc) is 2.76. The largest absolute Gasteiger partial charge is 0.468 e. The number of halogens is 3. The molecule has 0 saturated heterocycles. The van der Waals surface area contributed by atoms with Crippen molar-refractivity contribution in [2.45, 2.75) is 65.6 Å². The number of nitrogens with two attached hydrogens (primary N) is 1. The average molecular weight is 482 g/mol. The van der Waals surface area contributed by atoms with Gasteiger partial charge in [-0.3, -0.25) is 4.79 Å². The van der Waals surface area contributed by atoms with Crippen LogP contribution < -0.4 is 20.7 Å². The Kier molecular flexibility index (Phi) is 9.95. The molecule has 0 radical (unpaired) electrons. The molecule has 2 aromatic heterocycles. The Bertz CT molecular complexity index is 932. The number of pyridine rings is 2. The molecule has 188 valence electrons. The molecule has 0 spiro atoms. The summed E-state index contributed by atoms with van der Waals surface area (Å²) in [5.41, 5.74) is 7.64. The van der Waals surface area contributed by atoms with Gasteiger partial charge in [0.25, 0.3) is 5.91 Å². The minimum atomic E-state index is -4.48. The molecule has 3 N–H and O–H groups in total. The number of hydrogen-bond acceptors (Lipinski definition) is 6. The van der Waals surface area contributed by atoms with Crippen LogP contribution in [0.15, 0.2) is 24.3 Å². The number of nitrogens with one attached hydrogen (secondary N) is 1. The Morgan fingerprint density at radius 1 is 1.15 bits per heavy atom. The van der Waals surface area contributed by atoms with Crippen molar-refractivity contribution in [1.82, 2.24) is 15.3 Å². The van der Waals surface area contributed by atoms with Gasteiger partial charge in [0.1, 0.15) is 11.6 Å². The van der Waals surface area contributed by atoms with Crippen LogP contribution in [-0.2, 0) is 0 Å². The van der Waals surface area contributed by atoms with Crippen LogP contribution in [0.3, 0.4) is 0 Å². The summed E-state index contributed by atoms with van der Waals surface area (Å²) < 4.78 is 42.8. The van der Waals surface area contributed by atoms with Crippen molar-refractivity contribution < 1.29 is 22.7 Å². The van der Waals surface area contributed by atoms with Crippen LogP contribution in [0.2, 0.25) is 0 Å². The van der Waals surface area contributed by atoms with Gasteiger partial charge in [-0.2, -0.15) is 18.2 Å². The van der Waals surface area contributed by atoms with E-state index >= 15 is 0 Å². The standard InChI is InChI=1S/C24H34F3N5O2/c1-5-7-8-12-32(11-6-2)22-19(9-10-21(31-22)34-15-24(25,26)27)23(33)30-17(4)18-13-16(3)29-20(28)14-18/h9-10,13-14,17H,5-8,11-12,15H2,1-4H3,(H2,28,29)(H,30,33). The molecule has 0 aliphatic rings. The quantitative estimate of drug-likeness (QED) is 0.405. The number of aryl methyl sites for hydroxylation is 1. The molecule has 0 bridgehead atoms. The lowest BCUT2D eigenvalue weighted by Crippen LogP contribution is -2.32. The zero-order valence-electron chi connectivity index (χ0n) is 20.2. The van der Waals surface area contributed by atoms with Gasteiger partial charge in [-0.25, -0.2) is 4.98 Å². The summed E-state index contributed by atoms with van der Waals surface area (Å²) in [5.74, 6) is 0.107. The maximum atomic E-state index is 13.2. The Morgan fingerprint density at radius 2 is 1.88 bits per heavy atom. The first-order chi connectivity index (χ1) is 16.0. The second-order valence-corrected chi connectivity index (χ2v) is 8.28. The van der Waals surface area contributed by atoms with Crippen molar-refractivity contribution in [1.29, 1.82) is 0 Å². The van der Waals surface area contributed by atoms with E-state index in [-0.39, 0.29) is 23.4 Å². The van der Waals surface area contributed by atoms with Gasteiger partial charge in [-0.1, -0.05) is 26.7 Å². The maximum absolute atomic E-state index is 13.2. The molecule has 0 aliphatic heterocycles. The van der Waals surface area contributed by atoms with Gasteiger partial charge in [0.15, 0.2) is 6.61 Å². The van der Waals surface area contributed by atoms with Crippen LogP contribution in [0.25, 0.3) is 0 Å². The van der Waals surface area contributed by atoms with Crippen molar-refractivity contribution >= 4 is 17.5 Å². The first-order valence-corrected chi connectivity index (χ1v) is 11.5. The van der Waals surface area contributed by atoms with E-state index in [0.717, 1.165) is 36.9 Å². The Hall–Kier alpha value is -3.04. The van der Waals surface area contributed by atoms with E-state index in [2.05, 4.69) is 22.2 Å². The van der Waals surface area contributed by atoms with Crippen molar-refractivity contribution in [3.05, 3.63) is 41.1 Å². The molecule has 2 aromatic rings. The van der Waals surface area contributed by atoms with Gasteiger partial charge in [0, 0.05) is 24.8 Å². The van der Waals surface area contributed by atoms with E-state index < -0.39 is 12.8 Å². The number of unbranched alkanes of at least 4 members (excludes halogenated alkanes) is 2. The van der Waals surface area contributed by atoms with Crippen molar-refractivity contribution in [2.24, 2.45) is 0 Å². The summed E-state index contributed by atoms with van der Waals surface area (Å²) in [6.07, 6.45) is -0.817. The van der Waals surface area contributed by atoms with Crippen molar-refractivity contribution in [3.63, 3.8) is 0 Å². The van der Waals surface area contributed by atoms with E-state index in [4.69, 9.17) is 10.5 Å². The van der Waals surface area contributed by atoms with Gasteiger partial charge in [-0.05, 0) is 50.5 Å². The Labute approximate surface area is 198 Å². The molecule has 10 heteroatoms. The van der Waals surface area contributed by atoms with Crippen LogP contribution in [0.1, 0.15) is 74.1 Å². The lowest BCUT2D eigenvalue weighted by Gasteiger charge is -2.26. The molecule has 0 aliphatic carbocycles. The minimum absolute atomic E-state index is 0.175. The number of amides is 1. The number of rotatable bonds is 12. The smallest absolute Gasteiger partial charge is 0.422 e. The predicted octanol–water partition coefficient (Wildman–Crippen LogP) is 5.21. The summed E-state index contributed by atoms with van der Waals surface area (Å²) >= 11 is 0. The SMILES string of the molecule is CCCCCN(CCC)c1nc(OCC(F)(F)F)ccc1C(=O)NC(C)c1cc(C)nc(N)c1. The lowest BCUT2D eigenvalue weighted by molar-refractivity contribution is -0.154. The topological polar surface area (TPSA) is 93.4 Å². The second kappa shape index (κ2) is 12.4. The second-order valence-electron chi connectivity index (χ2n) is 8.28. The van der Waals surface area contributed by atoms with E-state index in [1.54, 1.807) is 6.07 Å². The first kappa shape index (κ1) is 27.2. The fourth-order valence-electron chi connectivity index (χ4n) is 3.56. The van der Waals surface area contributed by atoms with Crippen LogP contribution in [-0.4, -0.2) is 41.7 Å². The molecular weight excluding hydrogens is 447 g/mol. The maximum Gasteiger partial charge on any atom is 0.422 e. The number of alkyl halides is 3. The van der Waals surface area contributed by atoms with Crippen LogP contribution in [0.4, 0.5) is 24.8 Å². The van der Waals surface area contributed by atoms with E-state index in [1.807, 2.05) is 31.7 Å². The minimum Gasteiger partial charge on any atom is -0.468 e. The predicted molar refractivity (Wildman–Crippen MR) is 127 cm³/mol. The third-order valence-corrected chi connectivity index (χ3v) is 5.15. The molecular formula is C24H34F3N5O2. The number of anilines is 2. The zero-order valence-corrected chi connectivity index (χ0v) is 20.2. The molecule has 7 nitrogen and oxygen atoms in total. The molecule has 1 unspecified atom stereocenters. The normalized spacial score (nSPS) is 12.3. The number of hydrogen-bond donors (Lipinski definition) is 2. The monoisotopic (exact) mass is 481 g/mol. The molecule has 0 saturated carbocycles. The first-order valence-electron chi connectivity index (χ1n) is 11.5. The molecule has 1 amide bonds. The highest BCUT2D eigenvalue weighted by atomic mass is 19.4.